The lowest BCUT2D eigenvalue weighted by atomic mass is 10.2. The van der Waals surface area contributed by atoms with Gasteiger partial charge in [0.05, 0.1) is 24.9 Å². The van der Waals surface area contributed by atoms with E-state index in [-0.39, 0.29) is 24.7 Å². The molecule has 1 aromatic carbocycles. The van der Waals surface area contributed by atoms with Gasteiger partial charge in [-0.15, -0.1) is 0 Å². The van der Waals surface area contributed by atoms with Gasteiger partial charge in [-0.1, -0.05) is 11.6 Å². The average Bonchev–Trinajstić information content (AvgIpc) is 2.69. The third-order valence-electron chi connectivity index (χ3n) is 2.75. The molecule has 5 nitrogen and oxygen atoms in total. The maximum Gasteiger partial charge on any atom is 0.234 e. The first-order valence-electron chi connectivity index (χ1n) is 5.35. The normalized spacial score (nSPS) is 15.2. The molecule has 0 bridgehead atoms. The van der Waals surface area contributed by atoms with Crippen molar-refractivity contribution in [3.05, 3.63) is 17.2 Å². The summed E-state index contributed by atoms with van der Waals surface area (Å²) in [6.07, 6.45) is 0.430. The molecule has 0 saturated carbocycles. The minimum atomic E-state index is -0.248. The molecule has 1 aliphatic heterocycles. The Morgan fingerprint density at radius 2 is 1.61 bits per heavy atom. The van der Waals surface area contributed by atoms with Crippen LogP contribution in [0.25, 0.3) is 0 Å². The van der Waals surface area contributed by atoms with Crippen LogP contribution >= 0.6 is 11.6 Å². The molecule has 0 aliphatic carbocycles. The van der Waals surface area contributed by atoms with Gasteiger partial charge in [-0.2, -0.15) is 0 Å². The van der Waals surface area contributed by atoms with Crippen LogP contribution in [0.5, 0.6) is 11.5 Å². The van der Waals surface area contributed by atoms with Crippen molar-refractivity contribution >= 4 is 29.1 Å². The monoisotopic (exact) mass is 269 g/mol. The van der Waals surface area contributed by atoms with Crippen LogP contribution in [0.15, 0.2) is 12.1 Å². The molecule has 2 rings (SSSR count). The lowest BCUT2D eigenvalue weighted by Gasteiger charge is -2.18. The number of carbonyl (C=O) groups is 2. The number of nitrogens with zero attached hydrogens (tertiary/aromatic N) is 1. The molecule has 1 heterocycles. The number of methoxy groups -OCH3 is 2. The van der Waals surface area contributed by atoms with Crippen molar-refractivity contribution in [2.45, 2.75) is 12.8 Å². The van der Waals surface area contributed by atoms with Crippen molar-refractivity contribution in [2.24, 2.45) is 0 Å². The second-order valence-corrected chi connectivity index (χ2v) is 4.19. The SMILES string of the molecule is COc1cc(N2C(=O)CCC2=O)c(OC)cc1Cl. The summed E-state index contributed by atoms with van der Waals surface area (Å²) in [5, 5.41) is 0.359. The first-order valence-corrected chi connectivity index (χ1v) is 5.73. The van der Waals surface area contributed by atoms with Crippen molar-refractivity contribution in [2.75, 3.05) is 19.1 Å². The minimum Gasteiger partial charge on any atom is -0.495 e. The van der Waals surface area contributed by atoms with Gasteiger partial charge in [-0.25, -0.2) is 4.90 Å². The van der Waals surface area contributed by atoms with E-state index < -0.39 is 0 Å². The van der Waals surface area contributed by atoms with Gasteiger partial charge in [0, 0.05) is 25.0 Å². The number of hydrogen-bond acceptors (Lipinski definition) is 4. The Morgan fingerprint density at radius 1 is 1.06 bits per heavy atom. The first-order chi connectivity index (χ1) is 8.58. The fourth-order valence-corrected chi connectivity index (χ4v) is 2.10. The fraction of sp³-hybridized carbons (Fsp3) is 0.333. The summed E-state index contributed by atoms with van der Waals surface area (Å²) in [7, 11) is 2.91. The number of rotatable bonds is 3. The van der Waals surface area contributed by atoms with Gasteiger partial charge in [0.15, 0.2) is 0 Å². The van der Waals surface area contributed by atoms with Crippen LogP contribution in [0.1, 0.15) is 12.8 Å². The molecular formula is C12H12ClNO4. The van der Waals surface area contributed by atoms with Crippen molar-refractivity contribution in [3.8, 4) is 11.5 Å². The standard InChI is InChI=1S/C12H12ClNO4/c1-17-9-6-8(10(18-2)5-7(9)13)14-11(15)3-4-12(14)16/h5-6H,3-4H2,1-2H3. The van der Waals surface area contributed by atoms with Crippen LogP contribution in [0.3, 0.4) is 0 Å². The van der Waals surface area contributed by atoms with Crippen LogP contribution in [0.2, 0.25) is 5.02 Å². The Hall–Kier alpha value is -1.75. The van der Waals surface area contributed by atoms with E-state index in [9.17, 15) is 9.59 Å². The predicted molar refractivity (Wildman–Crippen MR) is 66.3 cm³/mol. The van der Waals surface area contributed by atoms with E-state index in [0.717, 1.165) is 4.90 Å². The zero-order valence-electron chi connectivity index (χ0n) is 10.0. The summed E-state index contributed by atoms with van der Waals surface area (Å²) in [6.45, 7) is 0. The zero-order chi connectivity index (χ0) is 13.3. The van der Waals surface area contributed by atoms with Gasteiger partial charge >= 0.3 is 0 Å². The number of amides is 2. The summed E-state index contributed by atoms with van der Waals surface area (Å²) < 4.78 is 10.2. The molecule has 0 aromatic heterocycles. The van der Waals surface area contributed by atoms with E-state index in [0.29, 0.717) is 22.2 Å². The van der Waals surface area contributed by atoms with Crippen LogP contribution < -0.4 is 14.4 Å². The Labute approximate surface area is 109 Å². The van der Waals surface area contributed by atoms with Crippen molar-refractivity contribution in [1.29, 1.82) is 0 Å². The van der Waals surface area contributed by atoms with Gasteiger partial charge in [-0.05, 0) is 0 Å². The molecule has 2 amide bonds. The lowest BCUT2D eigenvalue weighted by molar-refractivity contribution is -0.121. The van der Waals surface area contributed by atoms with Crippen LogP contribution in [0, 0.1) is 0 Å². The fourth-order valence-electron chi connectivity index (χ4n) is 1.86. The Bertz CT molecular complexity index is 499. The first kappa shape index (κ1) is 12.7. The maximum atomic E-state index is 11.7. The van der Waals surface area contributed by atoms with Crippen molar-refractivity contribution in [3.63, 3.8) is 0 Å². The highest BCUT2D eigenvalue weighted by Crippen LogP contribution is 2.39. The summed E-state index contributed by atoms with van der Waals surface area (Å²) in [5.74, 6) is 0.259. The van der Waals surface area contributed by atoms with E-state index in [1.54, 1.807) is 0 Å². The summed E-state index contributed by atoms with van der Waals surface area (Å²) in [4.78, 5) is 24.5. The van der Waals surface area contributed by atoms with Crippen LogP contribution in [0.4, 0.5) is 5.69 Å². The van der Waals surface area contributed by atoms with E-state index in [2.05, 4.69) is 0 Å². The number of imide groups is 1. The molecule has 0 radical (unpaired) electrons. The van der Waals surface area contributed by atoms with E-state index in [4.69, 9.17) is 21.1 Å². The van der Waals surface area contributed by atoms with Crippen LogP contribution in [-0.4, -0.2) is 26.0 Å². The van der Waals surface area contributed by atoms with E-state index >= 15 is 0 Å². The predicted octanol–water partition coefficient (Wildman–Crippen LogP) is 2.01. The van der Waals surface area contributed by atoms with Crippen molar-refractivity contribution in [1.82, 2.24) is 0 Å². The Balaban J connectivity index is 2.54. The third kappa shape index (κ3) is 2.01. The molecule has 1 aromatic rings. The molecule has 0 unspecified atom stereocenters. The second kappa shape index (κ2) is 4.86. The molecular weight excluding hydrogens is 258 g/mol. The summed E-state index contributed by atoms with van der Waals surface area (Å²) in [6, 6.07) is 3.05. The highest BCUT2D eigenvalue weighted by atomic mass is 35.5. The van der Waals surface area contributed by atoms with Crippen LogP contribution in [-0.2, 0) is 9.59 Å². The number of hydrogen-bond donors (Lipinski definition) is 0. The highest BCUT2D eigenvalue weighted by Gasteiger charge is 2.33. The molecule has 1 saturated heterocycles. The average molecular weight is 270 g/mol. The molecule has 18 heavy (non-hydrogen) atoms. The van der Waals surface area contributed by atoms with Crippen molar-refractivity contribution < 1.29 is 19.1 Å². The number of halogens is 1. The van der Waals surface area contributed by atoms with Gasteiger partial charge in [0.2, 0.25) is 11.8 Å². The quantitative estimate of drug-likeness (QED) is 0.788. The summed E-state index contributed by atoms with van der Waals surface area (Å²) in [5.41, 5.74) is 0.367. The van der Waals surface area contributed by atoms with Gasteiger partial charge in [-0.3, -0.25) is 9.59 Å². The Kier molecular flexibility index (Phi) is 3.43. The molecule has 0 atom stereocenters. The largest absolute Gasteiger partial charge is 0.495 e. The number of carbonyl (C=O) groups excluding carboxylic acids is 2. The Morgan fingerprint density at radius 3 is 2.11 bits per heavy atom. The topological polar surface area (TPSA) is 55.8 Å². The molecule has 1 fully saturated rings. The second-order valence-electron chi connectivity index (χ2n) is 3.78. The molecule has 1 aliphatic rings. The number of ether oxygens (including phenoxy) is 2. The zero-order valence-corrected chi connectivity index (χ0v) is 10.8. The van der Waals surface area contributed by atoms with E-state index in [1.807, 2.05) is 0 Å². The molecule has 6 heteroatoms. The molecule has 0 N–H and O–H groups in total. The summed E-state index contributed by atoms with van der Waals surface area (Å²) >= 11 is 5.97. The molecule has 96 valence electrons. The molecule has 0 spiro atoms. The number of anilines is 1. The lowest BCUT2D eigenvalue weighted by Crippen LogP contribution is -2.29. The maximum absolute atomic E-state index is 11.7. The smallest absolute Gasteiger partial charge is 0.234 e. The highest BCUT2D eigenvalue weighted by molar-refractivity contribution is 6.32. The van der Waals surface area contributed by atoms with Gasteiger partial charge < -0.3 is 9.47 Å². The number of benzene rings is 1. The van der Waals surface area contributed by atoms with E-state index in [1.165, 1.54) is 26.4 Å². The third-order valence-corrected chi connectivity index (χ3v) is 3.04. The minimum absolute atomic E-state index is 0.215. The van der Waals surface area contributed by atoms with Gasteiger partial charge in [0.1, 0.15) is 11.5 Å². The van der Waals surface area contributed by atoms with Gasteiger partial charge in [0.25, 0.3) is 0 Å².